The van der Waals surface area contributed by atoms with Gasteiger partial charge in [0.2, 0.25) is 0 Å². The molecule has 0 aromatic heterocycles. The van der Waals surface area contributed by atoms with E-state index in [2.05, 4.69) is 0 Å². The third kappa shape index (κ3) is 7790. The van der Waals surface area contributed by atoms with Crippen LogP contribution in [0.1, 0.15) is 0 Å². The predicted molar refractivity (Wildman–Crippen MR) is 12.7 cm³/mol. The molecule has 0 radical (unpaired) electrons. The molecule has 68 valence electrons. The minimum absolute atomic E-state index is 0. The van der Waals surface area contributed by atoms with E-state index >= 15 is 0 Å². The summed E-state index contributed by atoms with van der Waals surface area (Å²) in [6, 6.07) is 0. The van der Waals surface area contributed by atoms with Gasteiger partial charge in [0.15, 0.2) is 0 Å². The molecule has 0 aliphatic carbocycles. The van der Waals surface area contributed by atoms with Gasteiger partial charge in [-0.1, -0.05) is 0 Å². The summed E-state index contributed by atoms with van der Waals surface area (Å²) in [6.45, 7) is 0. The van der Waals surface area contributed by atoms with E-state index in [1.165, 1.54) is 0 Å². The van der Waals surface area contributed by atoms with Crippen molar-refractivity contribution in [1.82, 2.24) is 0 Å². The fourth-order valence-electron chi connectivity index (χ4n) is 0. The summed E-state index contributed by atoms with van der Waals surface area (Å²) >= 11 is -11.2. The summed E-state index contributed by atoms with van der Waals surface area (Å²) in [5.41, 5.74) is 0. The Balaban J connectivity index is -0.000000107. The van der Waals surface area contributed by atoms with E-state index in [4.69, 9.17) is 31.4 Å². The molecule has 0 amide bonds. The first kappa shape index (κ1) is 17.4. The molecule has 0 rings (SSSR count). The molecule has 0 bridgehead atoms. The van der Waals surface area contributed by atoms with Crippen LogP contribution in [-0.4, -0.2) is 17.6 Å². The molecule has 0 aliphatic rings. The topological polar surface area (TPSA) is 149 Å². The van der Waals surface area contributed by atoms with Gasteiger partial charge in [-0.25, -0.2) is 0 Å². The standard InChI is InChI=1S/GeH2.2Mn.8O/h1H2;;;;;;;;;;/q+2;;;;;;;;;2*-1. The van der Waals surface area contributed by atoms with Crippen molar-refractivity contribution < 1.29 is 57.3 Å². The van der Waals surface area contributed by atoms with Crippen LogP contribution in [0.3, 0.4) is 0 Å². The van der Waals surface area contributed by atoms with E-state index in [0.717, 1.165) is 0 Å². The summed E-state index contributed by atoms with van der Waals surface area (Å²) in [6.07, 6.45) is 0. The van der Waals surface area contributed by atoms with Gasteiger partial charge in [-0.15, -0.1) is 0 Å². The van der Waals surface area contributed by atoms with E-state index in [-0.39, 0.29) is 17.6 Å². The molecule has 0 spiro atoms. The van der Waals surface area contributed by atoms with Crippen molar-refractivity contribution in [3.05, 3.63) is 0 Å². The number of hydrogen-bond donors (Lipinski definition) is 0. The Bertz CT molecular complexity index is 296. The van der Waals surface area contributed by atoms with Crippen LogP contribution in [0.5, 0.6) is 0 Å². The average molecular weight is 312 g/mol. The Hall–Kier alpha value is 0.302. The average Bonchev–Trinajstić information content (AvgIpc) is 1.12. The molecular formula is H2GeMn2O8. The molecule has 0 aliphatic heterocycles. The molecule has 0 saturated heterocycles. The molecule has 0 heterocycles. The quantitative estimate of drug-likeness (QED) is 0.411. The van der Waals surface area contributed by atoms with Crippen molar-refractivity contribution in [1.29, 1.82) is 0 Å². The molecule has 0 saturated carbocycles. The summed E-state index contributed by atoms with van der Waals surface area (Å²) in [5, 5.41) is 0. The molecule has 11 heteroatoms. The third-order valence-corrected chi connectivity index (χ3v) is 0. The minimum atomic E-state index is -5.62. The van der Waals surface area contributed by atoms with E-state index < -0.39 is 25.9 Å². The zero-order chi connectivity index (χ0) is 9.00. The molecule has 11 heavy (non-hydrogen) atoms. The first-order valence-corrected chi connectivity index (χ1v) is 5.09. The van der Waals surface area contributed by atoms with Gasteiger partial charge in [-0.2, -0.15) is 0 Å². The first-order valence-electron chi connectivity index (χ1n) is 1.23. The van der Waals surface area contributed by atoms with Gasteiger partial charge in [-0.3, -0.25) is 0 Å². The van der Waals surface area contributed by atoms with E-state index in [9.17, 15) is 0 Å². The summed E-state index contributed by atoms with van der Waals surface area (Å²) < 4.78 is 68.6. The van der Waals surface area contributed by atoms with Crippen molar-refractivity contribution >= 4 is 17.6 Å². The first-order chi connectivity index (χ1) is 4.00. The normalized spacial score (nSPS) is 10.4. The van der Waals surface area contributed by atoms with Gasteiger partial charge >= 0.3 is 74.9 Å². The summed E-state index contributed by atoms with van der Waals surface area (Å²) in [4.78, 5) is 0. The molecule has 0 aromatic carbocycles. The van der Waals surface area contributed by atoms with E-state index in [1.54, 1.807) is 0 Å². The second-order valence-electron chi connectivity index (χ2n) is 0.756. The number of rotatable bonds is 0. The second-order valence-corrected chi connectivity index (χ2v) is 3.12. The second kappa shape index (κ2) is 5.89. The fourth-order valence-corrected chi connectivity index (χ4v) is 0. The Labute approximate surface area is 74.9 Å². The van der Waals surface area contributed by atoms with Crippen LogP contribution in [0.2, 0.25) is 0 Å². The Morgan fingerprint density at radius 2 is 0.636 bits per heavy atom. The molecular weight excluding hydrogens is 310 g/mol. The van der Waals surface area contributed by atoms with Crippen LogP contribution in [0.15, 0.2) is 0 Å². The van der Waals surface area contributed by atoms with Crippen LogP contribution in [0.25, 0.3) is 0 Å². The molecule has 0 fully saturated rings. The fraction of sp³-hybridized carbons (Fsp3) is 0. The van der Waals surface area contributed by atoms with E-state index in [0.29, 0.717) is 0 Å². The van der Waals surface area contributed by atoms with Gasteiger partial charge in [0, 0.05) is 0 Å². The van der Waals surface area contributed by atoms with Gasteiger partial charge in [0.25, 0.3) is 0 Å². The van der Waals surface area contributed by atoms with Crippen molar-refractivity contribution in [2.24, 2.45) is 0 Å². The zero-order valence-corrected chi connectivity index (χ0v) is 10.1. The SMILES string of the molecule is [GeH2+2].[O]=[Mn](=[O])(=[O])[O-].[O]=[Mn](=[O])(=[O])[O-]. The van der Waals surface area contributed by atoms with Crippen molar-refractivity contribution in [2.75, 3.05) is 0 Å². The molecule has 0 atom stereocenters. The van der Waals surface area contributed by atoms with E-state index in [1.807, 2.05) is 0 Å². The summed E-state index contributed by atoms with van der Waals surface area (Å²) in [5.74, 6) is 0. The molecule has 0 N–H and O–H groups in total. The number of hydrogen-bond acceptors (Lipinski definition) is 8. The molecule has 8 nitrogen and oxygen atoms in total. The Morgan fingerprint density at radius 1 is 0.636 bits per heavy atom. The maximum absolute atomic E-state index is 8.58. The Morgan fingerprint density at radius 3 is 0.636 bits per heavy atom. The van der Waals surface area contributed by atoms with Crippen LogP contribution in [0.4, 0.5) is 0 Å². The van der Waals surface area contributed by atoms with Crippen molar-refractivity contribution in [3.63, 3.8) is 0 Å². The van der Waals surface area contributed by atoms with Crippen LogP contribution < -0.4 is 8.38 Å². The van der Waals surface area contributed by atoms with Gasteiger partial charge in [0.05, 0.1) is 0 Å². The predicted octanol–water partition coefficient (Wildman–Crippen LogP) is -4.01. The van der Waals surface area contributed by atoms with Gasteiger partial charge in [-0.05, 0) is 0 Å². The molecule has 0 aromatic rings. The van der Waals surface area contributed by atoms with Crippen molar-refractivity contribution in [3.8, 4) is 0 Å². The van der Waals surface area contributed by atoms with Gasteiger partial charge in [0.1, 0.15) is 0 Å². The van der Waals surface area contributed by atoms with Crippen molar-refractivity contribution in [2.45, 2.75) is 0 Å². The summed E-state index contributed by atoms with van der Waals surface area (Å²) in [7, 11) is 0. The van der Waals surface area contributed by atoms with Crippen LogP contribution in [-0.2, 0) is 48.9 Å². The Kier molecular flexibility index (Phi) is 9.32. The zero-order valence-electron chi connectivity index (χ0n) is 4.73. The van der Waals surface area contributed by atoms with Gasteiger partial charge < -0.3 is 0 Å². The van der Waals surface area contributed by atoms with Crippen LogP contribution >= 0.6 is 0 Å². The monoisotopic (exact) mass is 314 g/mol. The maximum atomic E-state index is 8.58. The molecule has 0 unspecified atom stereocenters. The third-order valence-electron chi connectivity index (χ3n) is 0. The van der Waals surface area contributed by atoms with Crippen LogP contribution in [0, 0.1) is 0 Å².